The molecule has 0 aliphatic carbocycles. The van der Waals surface area contributed by atoms with Crippen LogP contribution in [0.4, 0.5) is 10.1 Å². The van der Waals surface area contributed by atoms with Gasteiger partial charge < -0.3 is 19.7 Å². The SMILES string of the molecule is Oc1ccccc1N1C(=S)N[C@H](c2ccccn2)[C@@H]1c1ccc(-c2ccc(Br)cc2F)o1. The van der Waals surface area contributed by atoms with Gasteiger partial charge in [0, 0.05) is 10.7 Å². The molecule has 0 bridgehead atoms. The molecule has 8 heteroatoms. The zero-order chi connectivity index (χ0) is 22.2. The van der Waals surface area contributed by atoms with E-state index in [1.807, 2.05) is 29.2 Å². The van der Waals surface area contributed by atoms with Gasteiger partial charge in [-0.25, -0.2) is 4.39 Å². The third kappa shape index (κ3) is 3.65. The van der Waals surface area contributed by atoms with E-state index in [1.165, 1.54) is 6.07 Å². The van der Waals surface area contributed by atoms with Gasteiger partial charge >= 0.3 is 0 Å². The molecule has 1 aliphatic rings. The van der Waals surface area contributed by atoms with Crippen molar-refractivity contribution in [2.24, 2.45) is 0 Å². The molecule has 5 rings (SSSR count). The number of pyridine rings is 1. The van der Waals surface area contributed by atoms with Crippen molar-refractivity contribution in [3.8, 4) is 17.1 Å². The molecule has 5 nitrogen and oxygen atoms in total. The Kier molecular flexibility index (Phi) is 5.40. The van der Waals surface area contributed by atoms with Crippen molar-refractivity contribution in [2.45, 2.75) is 12.1 Å². The maximum atomic E-state index is 14.5. The molecule has 2 aromatic carbocycles. The summed E-state index contributed by atoms with van der Waals surface area (Å²) in [4.78, 5) is 6.30. The first-order valence-electron chi connectivity index (χ1n) is 9.87. The number of benzene rings is 2. The Morgan fingerprint density at radius 3 is 2.62 bits per heavy atom. The van der Waals surface area contributed by atoms with E-state index < -0.39 is 6.04 Å². The molecule has 2 N–H and O–H groups in total. The van der Waals surface area contributed by atoms with Crippen LogP contribution >= 0.6 is 28.1 Å². The number of phenolic OH excluding ortho intramolecular Hbond substituents is 1. The zero-order valence-corrected chi connectivity index (χ0v) is 19.0. The van der Waals surface area contributed by atoms with Crippen LogP contribution in [0.3, 0.4) is 0 Å². The molecule has 160 valence electrons. The number of aromatic hydroxyl groups is 1. The van der Waals surface area contributed by atoms with E-state index in [4.69, 9.17) is 16.6 Å². The van der Waals surface area contributed by atoms with Crippen molar-refractivity contribution < 1.29 is 13.9 Å². The summed E-state index contributed by atoms with van der Waals surface area (Å²) in [7, 11) is 0. The van der Waals surface area contributed by atoms with Gasteiger partial charge in [-0.15, -0.1) is 0 Å². The number of nitrogens with zero attached hydrogens (tertiary/aromatic N) is 2. The lowest BCUT2D eigenvalue weighted by Gasteiger charge is -2.26. The Labute approximate surface area is 197 Å². The monoisotopic (exact) mass is 509 g/mol. The number of hydrogen-bond acceptors (Lipinski definition) is 4. The Balaban J connectivity index is 1.62. The molecule has 2 aromatic heterocycles. The minimum atomic E-state index is -0.446. The summed E-state index contributed by atoms with van der Waals surface area (Å²) >= 11 is 8.92. The van der Waals surface area contributed by atoms with Crippen LogP contribution in [0.5, 0.6) is 5.75 Å². The number of furan rings is 1. The van der Waals surface area contributed by atoms with Crippen molar-refractivity contribution in [1.29, 1.82) is 0 Å². The normalized spacial score (nSPS) is 18.1. The van der Waals surface area contributed by atoms with Gasteiger partial charge in [0.25, 0.3) is 0 Å². The summed E-state index contributed by atoms with van der Waals surface area (Å²) in [6.45, 7) is 0. The van der Waals surface area contributed by atoms with Crippen LogP contribution < -0.4 is 10.2 Å². The fourth-order valence-corrected chi connectivity index (χ4v) is 4.59. The smallest absolute Gasteiger partial charge is 0.174 e. The number of rotatable bonds is 4. The number of nitrogens with one attached hydrogen (secondary N) is 1. The number of anilines is 1. The average Bonchev–Trinajstić information content (AvgIpc) is 3.39. The van der Waals surface area contributed by atoms with Crippen LogP contribution in [-0.2, 0) is 0 Å². The minimum absolute atomic E-state index is 0.0917. The van der Waals surface area contributed by atoms with Crippen molar-refractivity contribution in [2.75, 3.05) is 4.90 Å². The van der Waals surface area contributed by atoms with Gasteiger partial charge in [-0.05, 0) is 66.8 Å². The number of thiocarbonyl (C=S) groups is 1. The minimum Gasteiger partial charge on any atom is -0.506 e. The van der Waals surface area contributed by atoms with Crippen molar-refractivity contribution in [3.63, 3.8) is 0 Å². The summed E-state index contributed by atoms with van der Waals surface area (Å²) in [5, 5.41) is 14.3. The Morgan fingerprint density at radius 2 is 1.88 bits per heavy atom. The second kappa shape index (κ2) is 8.37. The van der Waals surface area contributed by atoms with E-state index in [1.54, 1.807) is 48.7 Å². The molecule has 32 heavy (non-hydrogen) atoms. The highest BCUT2D eigenvalue weighted by Gasteiger charge is 2.43. The average molecular weight is 510 g/mol. The van der Waals surface area contributed by atoms with E-state index in [9.17, 15) is 9.50 Å². The van der Waals surface area contributed by atoms with Crippen molar-refractivity contribution >= 4 is 38.9 Å². The predicted octanol–water partition coefficient (Wildman–Crippen LogP) is 6.13. The Hall–Kier alpha value is -3.23. The van der Waals surface area contributed by atoms with Gasteiger partial charge in [0.05, 0.1) is 23.0 Å². The summed E-state index contributed by atoms with van der Waals surface area (Å²) < 4.78 is 21.4. The maximum absolute atomic E-state index is 14.5. The zero-order valence-electron chi connectivity index (χ0n) is 16.6. The van der Waals surface area contributed by atoms with Gasteiger partial charge in [0.1, 0.15) is 29.1 Å². The number of para-hydroxylation sites is 2. The molecule has 1 aliphatic heterocycles. The lowest BCUT2D eigenvalue weighted by molar-refractivity contribution is 0.433. The van der Waals surface area contributed by atoms with Crippen LogP contribution in [0, 0.1) is 5.82 Å². The summed E-state index contributed by atoms with van der Waals surface area (Å²) in [5.41, 5.74) is 1.67. The molecular weight excluding hydrogens is 493 g/mol. The summed E-state index contributed by atoms with van der Waals surface area (Å²) in [5.74, 6) is 0.668. The number of hydrogen-bond donors (Lipinski definition) is 2. The van der Waals surface area contributed by atoms with Gasteiger partial charge in [-0.1, -0.05) is 34.1 Å². The first-order chi connectivity index (χ1) is 15.5. The van der Waals surface area contributed by atoms with Crippen molar-refractivity contribution in [3.05, 3.63) is 101 Å². The van der Waals surface area contributed by atoms with E-state index >= 15 is 0 Å². The number of aromatic nitrogens is 1. The number of phenols is 1. The molecule has 1 fully saturated rings. The predicted molar refractivity (Wildman–Crippen MR) is 128 cm³/mol. The molecule has 1 saturated heterocycles. The highest BCUT2D eigenvalue weighted by atomic mass is 79.9. The van der Waals surface area contributed by atoms with E-state index in [2.05, 4.69) is 26.2 Å². The fraction of sp³-hybridized carbons (Fsp3) is 0.0833. The van der Waals surface area contributed by atoms with Gasteiger partial charge in [-0.3, -0.25) is 4.98 Å². The standard InChI is InChI=1S/C24H17BrFN3O2S/c25-14-8-9-15(16(26)13-14)20-10-11-21(31-20)23-22(17-5-3-4-12-27-17)28-24(32)29(23)18-6-1-2-7-19(18)30/h1-13,22-23,30H,(H,28,32)/t22-,23+/m1/s1. The lowest BCUT2D eigenvalue weighted by Crippen LogP contribution is -2.29. The van der Waals surface area contributed by atoms with Gasteiger partial charge in [-0.2, -0.15) is 0 Å². The topological polar surface area (TPSA) is 61.5 Å². The highest BCUT2D eigenvalue weighted by molar-refractivity contribution is 9.10. The molecule has 0 amide bonds. The molecule has 0 saturated carbocycles. The molecular formula is C24H17BrFN3O2S. The molecule has 2 atom stereocenters. The third-order valence-corrected chi connectivity index (χ3v) is 6.16. The molecule has 0 radical (unpaired) electrons. The van der Waals surface area contributed by atoms with Crippen molar-refractivity contribution in [1.82, 2.24) is 10.3 Å². The van der Waals surface area contributed by atoms with E-state index in [0.29, 0.717) is 32.4 Å². The Morgan fingerprint density at radius 1 is 1.06 bits per heavy atom. The second-order valence-electron chi connectivity index (χ2n) is 7.31. The van der Waals surface area contributed by atoms with E-state index in [0.717, 1.165) is 5.69 Å². The molecule has 0 spiro atoms. The lowest BCUT2D eigenvalue weighted by atomic mass is 10.0. The van der Waals surface area contributed by atoms with Crippen LogP contribution in [-0.4, -0.2) is 15.2 Å². The summed E-state index contributed by atoms with van der Waals surface area (Å²) in [6.07, 6.45) is 1.71. The molecule has 3 heterocycles. The Bertz CT molecular complexity index is 1300. The third-order valence-electron chi connectivity index (χ3n) is 5.35. The highest BCUT2D eigenvalue weighted by Crippen LogP contribution is 2.45. The van der Waals surface area contributed by atoms with Gasteiger partial charge in [0.2, 0.25) is 0 Å². The van der Waals surface area contributed by atoms with E-state index in [-0.39, 0.29) is 17.6 Å². The van der Waals surface area contributed by atoms with Crippen LogP contribution in [0.2, 0.25) is 0 Å². The maximum Gasteiger partial charge on any atom is 0.174 e. The molecule has 4 aromatic rings. The second-order valence-corrected chi connectivity index (χ2v) is 8.61. The first kappa shape index (κ1) is 20.7. The quantitative estimate of drug-likeness (QED) is 0.323. The molecule has 0 unspecified atom stereocenters. The van der Waals surface area contributed by atoms with Crippen LogP contribution in [0.1, 0.15) is 23.5 Å². The number of halogens is 2. The largest absolute Gasteiger partial charge is 0.506 e. The van der Waals surface area contributed by atoms with Crippen LogP contribution in [0.25, 0.3) is 11.3 Å². The fourth-order valence-electron chi connectivity index (χ4n) is 3.92. The first-order valence-corrected chi connectivity index (χ1v) is 11.1. The van der Waals surface area contributed by atoms with Crippen LogP contribution in [0.15, 0.2) is 87.9 Å². The van der Waals surface area contributed by atoms with Gasteiger partial charge in [0.15, 0.2) is 5.11 Å². The summed E-state index contributed by atoms with van der Waals surface area (Å²) in [6, 6.07) is 20.2.